The Balaban J connectivity index is 2.45. The molecule has 0 aromatic carbocycles. The van der Waals surface area contributed by atoms with Crippen LogP contribution in [0.3, 0.4) is 0 Å². The molecule has 0 saturated carbocycles. The van der Waals surface area contributed by atoms with Crippen LogP contribution in [0.5, 0.6) is 0 Å². The summed E-state index contributed by atoms with van der Waals surface area (Å²) < 4.78 is 22.2. The van der Waals surface area contributed by atoms with Gasteiger partial charge in [0.25, 0.3) is 0 Å². The first-order valence-corrected chi connectivity index (χ1v) is 8.38. The van der Waals surface area contributed by atoms with Crippen LogP contribution < -0.4 is 5.32 Å². The number of hydrogen-bond donors (Lipinski definition) is 1. The molecular weight excluding hydrogens is 248 g/mol. The number of likely N-dealkylation sites (N-methyl/N-ethyl adjacent to an activating group) is 1. The fraction of sp³-hybridized carbons (Fsp3) is 0.615. The van der Waals surface area contributed by atoms with Gasteiger partial charge < -0.3 is 5.32 Å². The molecule has 18 heavy (non-hydrogen) atoms. The standard InChI is InChI=1S/C13H22N2O2S/c1-3-14-12(8-6-10-18(2,16)17)11-13-7-4-5-9-15-13/h4-5,7,9,12,14H,3,6,8,10-11H2,1-2H3. The van der Waals surface area contributed by atoms with Gasteiger partial charge in [0.2, 0.25) is 0 Å². The second kappa shape index (κ2) is 7.48. The molecule has 1 atom stereocenters. The molecule has 0 radical (unpaired) electrons. The number of nitrogens with zero attached hydrogens (tertiary/aromatic N) is 1. The quantitative estimate of drug-likeness (QED) is 0.776. The Bertz CT molecular complexity index is 432. The number of rotatable bonds is 8. The van der Waals surface area contributed by atoms with Crippen molar-refractivity contribution in [1.82, 2.24) is 10.3 Å². The lowest BCUT2D eigenvalue weighted by Gasteiger charge is -2.17. The molecule has 0 spiro atoms. The molecule has 0 bridgehead atoms. The average Bonchev–Trinajstić information content (AvgIpc) is 2.29. The molecule has 0 saturated heterocycles. The highest BCUT2D eigenvalue weighted by molar-refractivity contribution is 7.90. The van der Waals surface area contributed by atoms with Gasteiger partial charge in [0.05, 0.1) is 0 Å². The second-order valence-corrected chi connectivity index (χ2v) is 6.81. The summed E-state index contributed by atoms with van der Waals surface area (Å²) in [6.45, 7) is 2.94. The van der Waals surface area contributed by atoms with Crippen molar-refractivity contribution in [3.8, 4) is 0 Å². The third-order valence-electron chi connectivity index (χ3n) is 2.74. The van der Waals surface area contributed by atoms with Gasteiger partial charge in [-0.1, -0.05) is 13.0 Å². The number of hydrogen-bond acceptors (Lipinski definition) is 4. The fourth-order valence-corrected chi connectivity index (χ4v) is 2.62. The van der Waals surface area contributed by atoms with E-state index in [0.717, 1.165) is 25.1 Å². The van der Waals surface area contributed by atoms with Crippen molar-refractivity contribution in [2.45, 2.75) is 32.2 Å². The molecule has 1 rings (SSSR count). The molecule has 0 amide bonds. The monoisotopic (exact) mass is 270 g/mol. The summed E-state index contributed by atoms with van der Waals surface area (Å²) in [7, 11) is -2.85. The fourth-order valence-electron chi connectivity index (χ4n) is 1.93. The Morgan fingerprint density at radius 1 is 1.39 bits per heavy atom. The lowest BCUT2D eigenvalue weighted by Crippen LogP contribution is -2.31. The van der Waals surface area contributed by atoms with Crippen LogP contribution in [0.4, 0.5) is 0 Å². The smallest absolute Gasteiger partial charge is 0.147 e. The molecule has 4 nitrogen and oxygen atoms in total. The van der Waals surface area contributed by atoms with Crippen molar-refractivity contribution in [3.63, 3.8) is 0 Å². The molecule has 0 aliphatic rings. The van der Waals surface area contributed by atoms with Crippen LogP contribution in [-0.2, 0) is 16.3 Å². The SMILES string of the molecule is CCNC(CCCS(C)(=O)=O)Cc1ccccn1. The van der Waals surface area contributed by atoms with Gasteiger partial charge in [0.1, 0.15) is 9.84 Å². The maximum atomic E-state index is 11.1. The van der Waals surface area contributed by atoms with Crippen molar-refractivity contribution >= 4 is 9.84 Å². The molecule has 0 aliphatic carbocycles. The largest absolute Gasteiger partial charge is 0.314 e. The van der Waals surface area contributed by atoms with E-state index in [-0.39, 0.29) is 5.75 Å². The molecule has 1 aromatic heterocycles. The second-order valence-electron chi connectivity index (χ2n) is 4.55. The number of aromatic nitrogens is 1. The molecule has 0 aliphatic heterocycles. The summed E-state index contributed by atoms with van der Waals surface area (Å²) in [5.74, 6) is 0.261. The predicted molar refractivity (Wildman–Crippen MR) is 74.4 cm³/mol. The molecule has 1 N–H and O–H groups in total. The van der Waals surface area contributed by atoms with E-state index in [9.17, 15) is 8.42 Å². The zero-order chi connectivity index (χ0) is 13.4. The molecule has 5 heteroatoms. The van der Waals surface area contributed by atoms with Crippen LogP contribution >= 0.6 is 0 Å². The zero-order valence-corrected chi connectivity index (χ0v) is 11.9. The van der Waals surface area contributed by atoms with Crippen LogP contribution in [0.2, 0.25) is 0 Å². The van der Waals surface area contributed by atoms with Gasteiger partial charge in [-0.15, -0.1) is 0 Å². The van der Waals surface area contributed by atoms with Crippen molar-refractivity contribution < 1.29 is 8.42 Å². The summed E-state index contributed by atoms with van der Waals surface area (Å²) in [4.78, 5) is 4.30. The maximum absolute atomic E-state index is 11.1. The number of nitrogens with one attached hydrogen (secondary N) is 1. The zero-order valence-electron chi connectivity index (χ0n) is 11.1. The average molecular weight is 270 g/mol. The van der Waals surface area contributed by atoms with Crippen LogP contribution in [-0.4, -0.2) is 38.0 Å². The van der Waals surface area contributed by atoms with Gasteiger partial charge in [-0.2, -0.15) is 0 Å². The molecule has 1 heterocycles. The normalized spacial score (nSPS) is 13.4. The van der Waals surface area contributed by atoms with E-state index >= 15 is 0 Å². The number of pyridine rings is 1. The first-order chi connectivity index (χ1) is 8.51. The lowest BCUT2D eigenvalue weighted by molar-refractivity contribution is 0.480. The van der Waals surface area contributed by atoms with E-state index in [1.807, 2.05) is 18.2 Å². The highest BCUT2D eigenvalue weighted by atomic mass is 32.2. The van der Waals surface area contributed by atoms with Crippen molar-refractivity contribution in [1.29, 1.82) is 0 Å². The lowest BCUT2D eigenvalue weighted by atomic mass is 10.1. The topological polar surface area (TPSA) is 59.1 Å². The van der Waals surface area contributed by atoms with E-state index in [2.05, 4.69) is 17.2 Å². The van der Waals surface area contributed by atoms with Crippen molar-refractivity contribution in [2.24, 2.45) is 0 Å². The van der Waals surface area contributed by atoms with Gasteiger partial charge in [0, 0.05) is 36.4 Å². The van der Waals surface area contributed by atoms with Gasteiger partial charge in [-0.3, -0.25) is 4.98 Å². The Kier molecular flexibility index (Phi) is 6.29. The Morgan fingerprint density at radius 3 is 2.72 bits per heavy atom. The van der Waals surface area contributed by atoms with Gasteiger partial charge >= 0.3 is 0 Å². The van der Waals surface area contributed by atoms with E-state index in [1.54, 1.807) is 6.20 Å². The summed E-state index contributed by atoms with van der Waals surface area (Å²) >= 11 is 0. The van der Waals surface area contributed by atoms with E-state index in [0.29, 0.717) is 12.5 Å². The highest BCUT2D eigenvalue weighted by Gasteiger charge is 2.10. The van der Waals surface area contributed by atoms with Crippen LogP contribution in [0.1, 0.15) is 25.5 Å². The predicted octanol–water partition coefficient (Wildman–Crippen LogP) is 1.43. The Morgan fingerprint density at radius 2 is 2.17 bits per heavy atom. The van der Waals surface area contributed by atoms with E-state index in [4.69, 9.17) is 0 Å². The van der Waals surface area contributed by atoms with E-state index < -0.39 is 9.84 Å². The number of sulfone groups is 1. The van der Waals surface area contributed by atoms with Crippen LogP contribution in [0, 0.1) is 0 Å². The van der Waals surface area contributed by atoms with Crippen molar-refractivity contribution in [2.75, 3.05) is 18.6 Å². The van der Waals surface area contributed by atoms with Crippen LogP contribution in [0.15, 0.2) is 24.4 Å². The maximum Gasteiger partial charge on any atom is 0.147 e. The third-order valence-corrected chi connectivity index (χ3v) is 3.77. The summed E-state index contributed by atoms with van der Waals surface area (Å²) in [6, 6.07) is 6.17. The molecule has 102 valence electrons. The minimum Gasteiger partial charge on any atom is -0.314 e. The Hall–Kier alpha value is -0.940. The van der Waals surface area contributed by atoms with Gasteiger partial charge in [-0.25, -0.2) is 8.42 Å². The van der Waals surface area contributed by atoms with Crippen molar-refractivity contribution in [3.05, 3.63) is 30.1 Å². The summed E-state index contributed by atoms with van der Waals surface area (Å²) in [6.07, 6.45) is 5.47. The van der Waals surface area contributed by atoms with Gasteiger partial charge in [0.15, 0.2) is 0 Å². The molecule has 1 unspecified atom stereocenters. The minimum atomic E-state index is -2.85. The molecule has 1 aromatic rings. The first-order valence-electron chi connectivity index (χ1n) is 6.32. The Labute approximate surface area is 110 Å². The summed E-state index contributed by atoms with van der Waals surface area (Å²) in [5.41, 5.74) is 1.04. The summed E-state index contributed by atoms with van der Waals surface area (Å²) in [5, 5.41) is 3.38. The molecule has 0 fully saturated rings. The van der Waals surface area contributed by atoms with E-state index in [1.165, 1.54) is 6.26 Å². The third kappa shape index (κ3) is 6.71. The van der Waals surface area contributed by atoms with Crippen LogP contribution in [0.25, 0.3) is 0 Å². The van der Waals surface area contributed by atoms with Gasteiger partial charge in [-0.05, 0) is 31.5 Å². The highest BCUT2D eigenvalue weighted by Crippen LogP contribution is 2.06. The first kappa shape index (κ1) is 15.1. The minimum absolute atomic E-state index is 0.261. The molecular formula is C13H22N2O2S.